The van der Waals surface area contributed by atoms with Crippen LogP contribution in [-0.2, 0) is 18.9 Å². The average molecular weight is 503 g/mol. The molecule has 2 aromatic rings. The maximum Gasteiger partial charge on any atom is 0.339 e. The average Bonchev–Trinajstić information content (AvgIpc) is 2.87. The highest BCUT2D eigenvalue weighted by Gasteiger charge is 2.13. The van der Waals surface area contributed by atoms with Crippen LogP contribution in [0, 0.1) is 11.8 Å². The molecule has 0 atom stereocenters. The molecular weight excluding hydrogens is 472 g/mol. The summed E-state index contributed by atoms with van der Waals surface area (Å²) >= 11 is 0. The topological polar surface area (TPSA) is 130 Å². The van der Waals surface area contributed by atoms with E-state index in [4.69, 9.17) is 28.4 Å². The zero-order chi connectivity index (χ0) is 26.2. The molecule has 0 amide bonds. The third-order valence-electron chi connectivity index (χ3n) is 4.61. The van der Waals surface area contributed by atoms with Crippen molar-refractivity contribution < 1.29 is 48.2 Å². The minimum atomic E-state index is -1.16. The second-order valence-electron chi connectivity index (χ2n) is 7.19. The van der Waals surface area contributed by atoms with Crippen LogP contribution in [0.1, 0.15) is 31.8 Å². The van der Waals surface area contributed by atoms with Crippen LogP contribution in [-0.4, -0.2) is 89.2 Å². The lowest BCUT2D eigenvalue weighted by Gasteiger charge is -2.10. The van der Waals surface area contributed by atoms with E-state index >= 15 is 0 Å². The van der Waals surface area contributed by atoms with Crippen molar-refractivity contribution in [2.24, 2.45) is 0 Å². The fraction of sp³-hybridized carbons (Fsp3) is 0.385. The van der Waals surface area contributed by atoms with Gasteiger partial charge in [0.1, 0.15) is 35.8 Å². The molecule has 10 heteroatoms. The number of hydrogen-bond acceptors (Lipinski definition) is 8. The highest BCUT2D eigenvalue weighted by molar-refractivity contribution is 5.92. The van der Waals surface area contributed by atoms with Crippen LogP contribution in [0.4, 0.5) is 0 Å². The van der Waals surface area contributed by atoms with Gasteiger partial charge >= 0.3 is 11.9 Å². The van der Waals surface area contributed by atoms with E-state index in [2.05, 4.69) is 11.8 Å². The molecule has 36 heavy (non-hydrogen) atoms. The predicted octanol–water partition coefficient (Wildman–Crippen LogP) is 2.57. The minimum Gasteiger partial charge on any atom is -0.490 e. The van der Waals surface area contributed by atoms with E-state index in [9.17, 15) is 19.8 Å². The van der Waals surface area contributed by atoms with E-state index in [-0.39, 0.29) is 49.1 Å². The van der Waals surface area contributed by atoms with E-state index in [0.717, 1.165) is 0 Å². The number of carboxylic acids is 2. The van der Waals surface area contributed by atoms with Gasteiger partial charge in [-0.2, -0.15) is 0 Å². The summed E-state index contributed by atoms with van der Waals surface area (Å²) in [6, 6.07) is 9.10. The third kappa shape index (κ3) is 9.93. The summed E-state index contributed by atoms with van der Waals surface area (Å²) in [5, 5.41) is 19.1. The maximum atomic E-state index is 11.7. The monoisotopic (exact) mass is 502 g/mol. The number of carbonyl (C=O) groups is 2. The van der Waals surface area contributed by atoms with Gasteiger partial charge in [0.15, 0.2) is 0 Å². The molecule has 2 rings (SSSR count). The summed E-state index contributed by atoms with van der Waals surface area (Å²) < 4.78 is 31.4. The van der Waals surface area contributed by atoms with Gasteiger partial charge in [0.2, 0.25) is 0 Å². The Morgan fingerprint density at radius 3 is 1.39 bits per heavy atom. The van der Waals surface area contributed by atoms with E-state index in [0.29, 0.717) is 37.6 Å². The van der Waals surface area contributed by atoms with Crippen LogP contribution in [0.2, 0.25) is 0 Å². The van der Waals surface area contributed by atoms with Crippen LogP contribution in [0.15, 0.2) is 36.4 Å². The second kappa shape index (κ2) is 16.1. The zero-order valence-corrected chi connectivity index (χ0v) is 20.3. The lowest BCUT2D eigenvalue weighted by molar-refractivity contribution is 0.0534. The summed E-state index contributed by atoms with van der Waals surface area (Å²) in [5.41, 5.74) is 0.783. The van der Waals surface area contributed by atoms with E-state index in [1.54, 1.807) is 26.4 Å². The van der Waals surface area contributed by atoms with E-state index in [1.807, 2.05) is 0 Å². The molecule has 0 radical (unpaired) electrons. The highest BCUT2D eigenvalue weighted by Crippen LogP contribution is 2.22. The molecule has 194 valence electrons. The first-order chi connectivity index (χ1) is 17.5. The van der Waals surface area contributed by atoms with Gasteiger partial charge in [0.05, 0.1) is 39.6 Å². The normalized spacial score (nSPS) is 10.4. The standard InChI is InChI=1S/C26H30O10/c1-31-9-11-33-13-15-35-23-7-5-19(17-21(23)25(27)28)3-4-20-6-8-24(22(18-20)26(29)30)36-16-14-34-12-10-32-2/h5-8,17-18H,9-16H2,1-2H3,(H,27,28)(H,29,30). The van der Waals surface area contributed by atoms with Crippen LogP contribution >= 0.6 is 0 Å². The van der Waals surface area contributed by atoms with Crippen molar-refractivity contribution in [3.05, 3.63) is 58.7 Å². The first-order valence-corrected chi connectivity index (χ1v) is 11.1. The van der Waals surface area contributed by atoms with Gasteiger partial charge in [-0.3, -0.25) is 0 Å². The Hall–Kier alpha value is -3.62. The van der Waals surface area contributed by atoms with Gasteiger partial charge < -0.3 is 38.6 Å². The minimum absolute atomic E-state index is 0.0404. The summed E-state index contributed by atoms with van der Waals surface area (Å²) in [6.45, 7) is 2.69. The number of rotatable bonds is 16. The van der Waals surface area contributed by atoms with Gasteiger partial charge in [-0.1, -0.05) is 11.8 Å². The molecule has 0 saturated heterocycles. The molecule has 0 fully saturated rings. The van der Waals surface area contributed by atoms with Crippen molar-refractivity contribution in [1.29, 1.82) is 0 Å². The SMILES string of the molecule is COCCOCCOc1ccc(C#Cc2ccc(OCCOCCOC)c(C(=O)O)c2)cc1C(=O)O. The third-order valence-corrected chi connectivity index (χ3v) is 4.61. The Morgan fingerprint density at radius 1 is 0.639 bits per heavy atom. The predicted molar refractivity (Wildman–Crippen MR) is 129 cm³/mol. The van der Waals surface area contributed by atoms with Crippen molar-refractivity contribution in [1.82, 2.24) is 0 Å². The highest BCUT2D eigenvalue weighted by atomic mass is 16.5. The lowest BCUT2D eigenvalue weighted by atomic mass is 10.1. The number of hydrogen-bond donors (Lipinski definition) is 2. The fourth-order valence-corrected chi connectivity index (χ4v) is 2.86. The summed E-state index contributed by atoms with van der Waals surface area (Å²) in [5.74, 6) is 3.80. The Bertz CT molecular complexity index is 973. The number of aromatic carboxylic acids is 2. The number of carboxylic acid groups (broad SMARTS) is 2. The molecule has 0 bridgehead atoms. The van der Waals surface area contributed by atoms with Crippen LogP contribution in [0.3, 0.4) is 0 Å². The summed E-state index contributed by atoms with van der Waals surface area (Å²) in [7, 11) is 3.14. The Balaban J connectivity index is 2.06. The Morgan fingerprint density at radius 2 is 1.03 bits per heavy atom. The van der Waals surface area contributed by atoms with Crippen molar-refractivity contribution >= 4 is 11.9 Å². The molecule has 0 unspecified atom stereocenters. The van der Waals surface area contributed by atoms with Gasteiger partial charge in [0, 0.05) is 25.3 Å². The Labute approximate surface area is 209 Å². The molecule has 0 aromatic heterocycles. The number of ether oxygens (including phenoxy) is 6. The number of methoxy groups -OCH3 is 2. The molecule has 0 spiro atoms. The van der Waals surface area contributed by atoms with Gasteiger partial charge in [0.25, 0.3) is 0 Å². The van der Waals surface area contributed by atoms with Crippen molar-refractivity contribution in [2.45, 2.75) is 0 Å². The zero-order valence-electron chi connectivity index (χ0n) is 20.3. The maximum absolute atomic E-state index is 11.7. The quantitative estimate of drug-likeness (QED) is 0.261. The van der Waals surface area contributed by atoms with Gasteiger partial charge in [-0.05, 0) is 36.4 Å². The molecule has 0 aliphatic rings. The first kappa shape index (κ1) is 28.6. The first-order valence-electron chi connectivity index (χ1n) is 11.1. The molecule has 2 aromatic carbocycles. The molecule has 0 saturated carbocycles. The Kier molecular flexibility index (Phi) is 12.8. The smallest absolute Gasteiger partial charge is 0.339 e. The van der Waals surface area contributed by atoms with Crippen molar-refractivity contribution in [3.63, 3.8) is 0 Å². The van der Waals surface area contributed by atoms with Gasteiger partial charge in [-0.25, -0.2) is 9.59 Å². The summed E-state index contributed by atoms with van der Waals surface area (Å²) in [4.78, 5) is 23.3. The van der Waals surface area contributed by atoms with E-state index in [1.165, 1.54) is 24.3 Å². The van der Waals surface area contributed by atoms with Crippen molar-refractivity contribution in [3.8, 4) is 23.3 Å². The van der Waals surface area contributed by atoms with Crippen LogP contribution < -0.4 is 9.47 Å². The number of benzene rings is 2. The molecular formula is C26H30O10. The van der Waals surface area contributed by atoms with Crippen LogP contribution in [0.25, 0.3) is 0 Å². The van der Waals surface area contributed by atoms with Gasteiger partial charge in [-0.15, -0.1) is 0 Å². The van der Waals surface area contributed by atoms with Crippen LogP contribution in [0.5, 0.6) is 11.5 Å². The molecule has 10 nitrogen and oxygen atoms in total. The summed E-state index contributed by atoms with van der Waals surface area (Å²) in [6.07, 6.45) is 0. The fourth-order valence-electron chi connectivity index (χ4n) is 2.86. The largest absolute Gasteiger partial charge is 0.490 e. The van der Waals surface area contributed by atoms with E-state index < -0.39 is 11.9 Å². The second-order valence-corrected chi connectivity index (χ2v) is 7.19. The molecule has 0 heterocycles. The van der Waals surface area contributed by atoms with Crippen molar-refractivity contribution in [2.75, 3.05) is 67.1 Å². The molecule has 0 aliphatic carbocycles. The molecule has 2 N–H and O–H groups in total. The molecule has 0 aliphatic heterocycles. The lowest BCUT2D eigenvalue weighted by Crippen LogP contribution is -2.12.